The van der Waals surface area contributed by atoms with E-state index in [2.05, 4.69) is 15.1 Å². The van der Waals surface area contributed by atoms with Crippen LogP contribution in [0.2, 0.25) is 0 Å². The molecule has 4 saturated heterocycles. The number of nitrogens with zero attached hydrogens (tertiary/aromatic N) is 2. The summed E-state index contributed by atoms with van der Waals surface area (Å²) in [4.78, 5) is 17.4. The molecule has 0 aromatic carbocycles. The van der Waals surface area contributed by atoms with Crippen molar-refractivity contribution in [2.45, 2.75) is 69.9 Å². The number of hydrogen-bond donors (Lipinski definition) is 1. The van der Waals surface area contributed by atoms with E-state index in [1.54, 1.807) is 0 Å². The van der Waals surface area contributed by atoms with Crippen LogP contribution in [0.4, 0.5) is 0 Å². The molecule has 0 spiro atoms. The number of piperidine rings is 2. The zero-order chi connectivity index (χ0) is 15.6. The Morgan fingerprint density at radius 2 is 1.52 bits per heavy atom. The lowest BCUT2D eigenvalue weighted by Gasteiger charge is -2.35. The van der Waals surface area contributed by atoms with E-state index in [9.17, 15) is 4.79 Å². The molecule has 4 aliphatic heterocycles. The summed E-state index contributed by atoms with van der Waals surface area (Å²) in [6.45, 7) is 5.90. The smallest absolute Gasteiger partial charge is 0.222 e. The molecule has 4 heteroatoms. The number of hydrogen-bond acceptors (Lipinski definition) is 3. The molecule has 130 valence electrons. The molecule has 0 aromatic heterocycles. The highest BCUT2D eigenvalue weighted by atomic mass is 16.2. The largest absolute Gasteiger partial charge is 0.343 e. The molecule has 1 N–H and O–H groups in total. The molecule has 0 saturated carbocycles. The quantitative estimate of drug-likeness (QED) is 0.863. The van der Waals surface area contributed by atoms with Gasteiger partial charge in [-0.25, -0.2) is 0 Å². The second-order valence-electron chi connectivity index (χ2n) is 8.51. The minimum absolute atomic E-state index is 0.441. The lowest BCUT2D eigenvalue weighted by atomic mass is 9.88. The van der Waals surface area contributed by atoms with Crippen LogP contribution in [0, 0.1) is 11.8 Å². The molecule has 0 radical (unpaired) electrons. The Labute approximate surface area is 141 Å². The molecule has 2 unspecified atom stereocenters. The molecule has 1 amide bonds. The van der Waals surface area contributed by atoms with Gasteiger partial charge in [-0.1, -0.05) is 0 Å². The molecule has 2 atom stereocenters. The highest BCUT2D eigenvalue weighted by Gasteiger charge is 2.35. The van der Waals surface area contributed by atoms with Crippen molar-refractivity contribution in [1.29, 1.82) is 0 Å². The third-order valence-electron chi connectivity index (χ3n) is 6.72. The fourth-order valence-corrected chi connectivity index (χ4v) is 5.41. The van der Waals surface area contributed by atoms with Crippen LogP contribution in [-0.4, -0.2) is 60.5 Å². The summed E-state index contributed by atoms with van der Waals surface area (Å²) in [6.07, 6.45) is 11.1. The zero-order valence-electron chi connectivity index (χ0n) is 14.5. The van der Waals surface area contributed by atoms with Gasteiger partial charge in [0.25, 0.3) is 0 Å². The fourth-order valence-electron chi connectivity index (χ4n) is 5.41. The van der Waals surface area contributed by atoms with Gasteiger partial charge in [-0.3, -0.25) is 4.79 Å². The van der Waals surface area contributed by atoms with Crippen molar-refractivity contribution in [3.8, 4) is 0 Å². The van der Waals surface area contributed by atoms with Gasteiger partial charge in [-0.05, 0) is 76.3 Å². The number of fused-ring (bicyclic) bond motifs is 2. The van der Waals surface area contributed by atoms with Crippen molar-refractivity contribution >= 4 is 5.91 Å². The van der Waals surface area contributed by atoms with Gasteiger partial charge in [0.2, 0.25) is 5.91 Å². The lowest BCUT2D eigenvalue weighted by Crippen LogP contribution is -2.43. The predicted octanol–water partition coefficient (Wildman–Crippen LogP) is 2.24. The van der Waals surface area contributed by atoms with Crippen LogP contribution < -0.4 is 5.32 Å². The number of likely N-dealkylation sites (tertiary alicyclic amines) is 2. The lowest BCUT2D eigenvalue weighted by molar-refractivity contribution is -0.134. The fraction of sp³-hybridized carbons (Fsp3) is 0.947. The van der Waals surface area contributed by atoms with Gasteiger partial charge in [0.1, 0.15) is 0 Å². The standard InChI is InChI=1S/C19H33N3O/c23-19(13-16-11-17-3-4-18(12-16)20-17)22-9-5-15(6-10-22)14-21-7-1-2-8-21/h15-18,20H,1-14H2. The molecule has 4 fully saturated rings. The van der Waals surface area contributed by atoms with E-state index >= 15 is 0 Å². The monoisotopic (exact) mass is 319 g/mol. The molecule has 4 rings (SSSR count). The van der Waals surface area contributed by atoms with Gasteiger partial charge in [0.15, 0.2) is 0 Å². The van der Waals surface area contributed by atoms with E-state index in [-0.39, 0.29) is 0 Å². The van der Waals surface area contributed by atoms with Crippen LogP contribution in [-0.2, 0) is 4.79 Å². The molecular weight excluding hydrogens is 286 g/mol. The third kappa shape index (κ3) is 3.90. The van der Waals surface area contributed by atoms with Gasteiger partial charge in [-0.2, -0.15) is 0 Å². The van der Waals surface area contributed by atoms with Crippen LogP contribution in [0.3, 0.4) is 0 Å². The van der Waals surface area contributed by atoms with E-state index in [1.165, 1.54) is 71.0 Å². The van der Waals surface area contributed by atoms with Crippen molar-refractivity contribution in [3.63, 3.8) is 0 Å². The van der Waals surface area contributed by atoms with E-state index in [0.29, 0.717) is 23.9 Å². The van der Waals surface area contributed by atoms with Crippen molar-refractivity contribution in [1.82, 2.24) is 15.1 Å². The average molecular weight is 319 g/mol. The van der Waals surface area contributed by atoms with Crippen LogP contribution in [0.5, 0.6) is 0 Å². The van der Waals surface area contributed by atoms with Crippen molar-refractivity contribution in [2.24, 2.45) is 11.8 Å². The number of nitrogens with one attached hydrogen (secondary N) is 1. The molecule has 4 aliphatic rings. The van der Waals surface area contributed by atoms with Crippen molar-refractivity contribution in [3.05, 3.63) is 0 Å². The predicted molar refractivity (Wildman–Crippen MR) is 92.3 cm³/mol. The number of rotatable bonds is 4. The van der Waals surface area contributed by atoms with Gasteiger partial charge in [0.05, 0.1) is 0 Å². The SMILES string of the molecule is O=C(CC1CC2CCC(C1)N2)N1CCC(CN2CCCC2)CC1. The molecule has 0 aromatic rings. The van der Waals surface area contributed by atoms with Gasteiger partial charge in [0, 0.05) is 38.1 Å². The Morgan fingerprint density at radius 3 is 2.17 bits per heavy atom. The maximum atomic E-state index is 12.6. The average Bonchev–Trinajstić information content (AvgIpc) is 3.18. The Kier molecular flexibility index (Phi) is 4.91. The number of carbonyl (C=O) groups excluding carboxylic acids is 1. The third-order valence-corrected chi connectivity index (χ3v) is 6.72. The zero-order valence-corrected chi connectivity index (χ0v) is 14.5. The first-order valence-electron chi connectivity index (χ1n) is 10.0. The maximum Gasteiger partial charge on any atom is 0.222 e. The van der Waals surface area contributed by atoms with Crippen molar-refractivity contribution in [2.75, 3.05) is 32.7 Å². The Morgan fingerprint density at radius 1 is 0.870 bits per heavy atom. The first kappa shape index (κ1) is 15.9. The van der Waals surface area contributed by atoms with Crippen LogP contribution in [0.25, 0.3) is 0 Å². The molecule has 23 heavy (non-hydrogen) atoms. The van der Waals surface area contributed by atoms with Crippen molar-refractivity contribution < 1.29 is 4.79 Å². The Balaban J connectivity index is 1.20. The number of carbonyl (C=O) groups is 1. The molecular formula is C19H33N3O. The van der Waals surface area contributed by atoms with E-state index in [4.69, 9.17) is 0 Å². The first-order valence-corrected chi connectivity index (χ1v) is 10.0. The van der Waals surface area contributed by atoms with Crippen LogP contribution in [0.1, 0.15) is 57.8 Å². The first-order chi connectivity index (χ1) is 11.3. The Bertz CT molecular complexity index is 401. The minimum Gasteiger partial charge on any atom is -0.343 e. The van der Waals surface area contributed by atoms with E-state index < -0.39 is 0 Å². The maximum absolute atomic E-state index is 12.6. The highest BCUT2D eigenvalue weighted by Crippen LogP contribution is 2.33. The van der Waals surface area contributed by atoms with Gasteiger partial charge in [-0.15, -0.1) is 0 Å². The second-order valence-corrected chi connectivity index (χ2v) is 8.51. The van der Waals surface area contributed by atoms with Gasteiger partial charge < -0.3 is 15.1 Å². The summed E-state index contributed by atoms with van der Waals surface area (Å²) < 4.78 is 0. The normalized spacial score (nSPS) is 35.8. The van der Waals surface area contributed by atoms with Crippen LogP contribution >= 0.6 is 0 Å². The molecule has 0 aliphatic carbocycles. The summed E-state index contributed by atoms with van der Waals surface area (Å²) in [5, 5.41) is 3.68. The summed E-state index contributed by atoms with van der Waals surface area (Å²) in [7, 11) is 0. The summed E-state index contributed by atoms with van der Waals surface area (Å²) in [5.41, 5.74) is 0. The summed E-state index contributed by atoms with van der Waals surface area (Å²) in [6, 6.07) is 1.41. The van der Waals surface area contributed by atoms with Gasteiger partial charge >= 0.3 is 0 Å². The van der Waals surface area contributed by atoms with E-state index in [1.807, 2.05) is 0 Å². The molecule has 4 nitrogen and oxygen atoms in total. The topological polar surface area (TPSA) is 35.6 Å². The highest BCUT2D eigenvalue weighted by molar-refractivity contribution is 5.76. The number of amides is 1. The van der Waals surface area contributed by atoms with E-state index in [0.717, 1.165) is 25.4 Å². The minimum atomic E-state index is 0.441. The molecule has 4 heterocycles. The summed E-state index contributed by atoms with van der Waals surface area (Å²) >= 11 is 0. The molecule has 2 bridgehead atoms. The Hall–Kier alpha value is -0.610. The summed E-state index contributed by atoms with van der Waals surface area (Å²) in [5.74, 6) is 1.91. The second kappa shape index (κ2) is 7.10. The van der Waals surface area contributed by atoms with Crippen LogP contribution in [0.15, 0.2) is 0 Å².